The molecule has 1 N–H and O–H groups in total. The fraction of sp³-hybridized carbons (Fsp3) is 0.360. The van der Waals surface area contributed by atoms with Crippen LogP contribution in [0.2, 0.25) is 5.02 Å². The molecular formula is C25H24ClF3O6. The fourth-order valence-electron chi connectivity index (χ4n) is 3.65. The average Bonchev–Trinajstić information content (AvgIpc) is 2.77. The Morgan fingerprint density at radius 1 is 1.11 bits per heavy atom. The van der Waals surface area contributed by atoms with E-state index < -0.39 is 29.1 Å². The van der Waals surface area contributed by atoms with Gasteiger partial charge in [0.05, 0.1) is 24.7 Å². The molecule has 0 atom stereocenters. The molecular weight excluding hydrogens is 489 g/mol. The van der Waals surface area contributed by atoms with Crippen molar-refractivity contribution >= 4 is 28.5 Å². The topological polar surface area (TPSA) is 86.0 Å². The normalized spacial score (nSPS) is 11.6. The predicted molar refractivity (Wildman–Crippen MR) is 124 cm³/mol. The third-order valence-electron chi connectivity index (χ3n) is 5.17. The lowest BCUT2D eigenvalue weighted by molar-refractivity contribution is -0.138. The molecule has 2 aromatic carbocycles. The zero-order valence-electron chi connectivity index (χ0n) is 18.9. The highest BCUT2D eigenvalue weighted by Crippen LogP contribution is 2.40. The van der Waals surface area contributed by atoms with Gasteiger partial charge in [-0.3, -0.25) is 4.79 Å². The second kappa shape index (κ2) is 11.5. The number of carbonyl (C=O) groups is 1. The predicted octanol–water partition coefficient (Wildman–Crippen LogP) is 6.28. The number of aryl methyl sites for hydroxylation is 1. The molecule has 188 valence electrons. The molecule has 0 saturated carbocycles. The molecule has 0 fully saturated rings. The number of halogens is 4. The van der Waals surface area contributed by atoms with Gasteiger partial charge in [-0.15, -0.1) is 0 Å². The summed E-state index contributed by atoms with van der Waals surface area (Å²) >= 11 is 6.09. The van der Waals surface area contributed by atoms with E-state index in [0.29, 0.717) is 42.6 Å². The molecule has 0 aliphatic carbocycles. The van der Waals surface area contributed by atoms with Crippen molar-refractivity contribution in [3.05, 3.63) is 68.5 Å². The molecule has 35 heavy (non-hydrogen) atoms. The largest absolute Gasteiger partial charge is 0.492 e. The lowest BCUT2D eigenvalue weighted by Crippen LogP contribution is -2.18. The maximum Gasteiger partial charge on any atom is 0.420 e. The number of carboxylic acids is 1. The Balaban J connectivity index is 1.65. The molecule has 3 rings (SSSR count). The van der Waals surface area contributed by atoms with Gasteiger partial charge in [-0.25, -0.2) is 4.79 Å². The number of ether oxygens (including phenoxy) is 2. The Morgan fingerprint density at radius 2 is 1.83 bits per heavy atom. The number of carboxylic acid groups (broad SMARTS) is 1. The molecule has 10 heteroatoms. The minimum atomic E-state index is -4.80. The SMILES string of the molecule is CCCc1cccc2c(C(F)(F)F)c(OCCCCOc3ccc(CC(=O)O)cc3Cl)c(=O)oc12. The summed E-state index contributed by atoms with van der Waals surface area (Å²) in [5.41, 5.74) is -1.31. The summed E-state index contributed by atoms with van der Waals surface area (Å²) in [4.78, 5) is 23.2. The first-order chi connectivity index (χ1) is 16.6. The Hall–Kier alpha value is -3.20. The molecule has 1 aromatic heterocycles. The summed E-state index contributed by atoms with van der Waals surface area (Å²) in [5, 5.41) is 8.87. The second-order valence-electron chi connectivity index (χ2n) is 7.87. The quantitative estimate of drug-likeness (QED) is 0.240. The number of rotatable bonds is 11. The van der Waals surface area contributed by atoms with Gasteiger partial charge < -0.3 is 19.0 Å². The van der Waals surface area contributed by atoms with Crippen LogP contribution in [0, 0.1) is 0 Å². The maximum atomic E-state index is 13.9. The first kappa shape index (κ1) is 26.4. The molecule has 0 unspecified atom stereocenters. The standard InChI is InChI=1S/C25H24ClF3O6/c1-2-6-16-7-5-8-17-21(25(27,28)29)23(24(32)35-22(16)17)34-12-4-3-11-33-19-10-9-15(13-18(19)26)14-20(30)31/h5,7-10,13H,2-4,6,11-12,14H2,1H3,(H,30,31). The van der Waals surface area contributed by atoms with Crippen LogP contribution in [0.4, 0.5) is 13.2 Å². The molecule has 0 amide bonds. The highest BCUT2D eigenvalue weighted by molar-refractivity contribution is 6.32. The number of benzene rings is 2. The lowest BCUT2D eigenvalue weighted by atomic mass is 10.0. The minimum Gasteiger partial charge on any atom is -0.492 e. The van der Waals surface area contributed by atoms with Crippen LogP contribution in [0.3, 0.4) is 0 Å². The van der Waals surface area contributed by atoms with Gasteiger partial charge in [0.2, 0.25) is 5.75 Å². The number of alkyl halides is 3. The monoisotopic (exact) mass is 512 g/mol. The third-order valence-corrected chi connectivity index (χ3v) is 5.47. The molecule has 0 aliphatic rings. The number of aliphatic carboxylic acids is 1. The van der Waals surface area contributed by atoms with E-state index in [4.69, 9.17) is 30.6 Å². The molecule has 6 nitrogen and oxygen atoms in total. The zero-order valence-corrected chi connectivity index (χ0v) is 19.7. The van der Waals surface area contributed by atoms with Crippen molar-refractivity contribution in [3.63, 3.8) is 0 Å². The Labute approximate surface area is 204 Å². The lowest BCUT2D eigenvalue weighted by Gasteiger charge is -2.16. The van der Waals surface area contributed by atoms with Crippen LogP contribution in [-0.4, -0.2) is 24.3 Å². The zero-order chi connectivity index (χ0) is 25.6. The molecule has 1 heterocycles. The summed E-state index contributed by atoms with van der Waals surface area (Å²) in [5.74, 6) is -1.47. The third kappa shape index (κ3) is 6.69. The van der Waals surface area contributed by atoms with Crippen molar-refractivity contribution in [3.8, 4) is 11.5 Å². The second-order valence-corrected chi connectivity index (χ2v) is 8.28. The van der Waals surface area contributed by atoms with E-state index in [2.05, 4.69) is 0 Å². The van der Waals surface area contributed by atoms with Gasteiger partial charge >= 0.3 is 17.8 Å². The van der Waals surface area contributed by atoms with E-state index in [1.165, 1.54) is 18.2 Å². The van der Waals surface area contributed by atoms with Crippen LogP contribution in [0.1, 0.15) is 42.9 Å². The summed E-state index contributed by atoms with van der Waals surface area (Å²) in [6, 6.07) is 9.05. The van der Waals surface area contributed by atoms with Gasteiger partial charge in [0.15, 0.2) is 0 Å². The number of hydrogen-bond donors (Lipinski definition) is 1. The Bertz CT molecular complexity index is 1250. The van der Waals surface area contributed by atoms with E-state index in [1.807, 2.05) is 6.92 Å². The van der Waals surface area contributed by atoms with Crippen LogP contribution in [-0.2, 0) is 23.8 Å². The van der Waals surface area contributed by atoms with E-state index in [9.17, 15) is 22.8 Å². The first-order valence-corrected chi connectivity index (χ1v) is 11.4. The van der Waals surface area contributed by atoms with Crippen molar-refractivity contribution in [1.29, 1.82) is 0 Å². The van der Waals surface area contributed by atoms with Crippen molar-refractivity contribution in [2.24, 2.45) is 0 Å². The summed E-state index contributed by atoms with van der Waals surface area (Å²) in [7, 11) is 0. The number of fused-ring (bicyclic) bond motifs is 1. The fourth-order valence-corrected chi connectivity index (χ4v) is 3.91. The highest BCUT2D eigenvalue weighted by atomic mass is 35.5. The number of hydrogen-bond acceptors (Lipinski definition) is 5. The van der Waals surface area contributed by atoms with Gasteiger partial charge in [0.1, 0.15) is 16.9 Å². The van der Waals surface area contributed by atoms with Gasteiger partial charge in [-0.2, -0.15) is 13.2 Å². The van der Waals surface area contributed by atoms with Gasteiger partial charge in [0.25, 0.3) is 0 Å². The van der Waals surface area contributed by atoms with Crippen molar-refractivity contribution in [1.82, 2.24) is 0 Å². The highest BCUT2D eigenvalue weighted by Gasteiger charge is 2.39. The number of unbranched alkanes of at least 4 members (excludes halogenated alkanes) is 1. The van der Waals surface area contributed by atoms with Crippen LogP contribution in [0.25, 0.3) is 11.0 Å². The minimum absolute atomic E-state index is 0.0707. The Morgan fingerprint density at radius 3 is 2.46 bits per heavy atom. The summed E-state index contributed by atoms with van der Waals surface area (Å²) in [6.45, 7) is 1.92. The molecule has 3 aromatic rings. The van der Waals surface area contributed by atoms with E-state index in [-0.39, 0.29) is 35.6 Å². The van der Waals surface area contributed by atoms with Crippen LogP contribution >= 0.6 is 11.6 Å². The van der Waals surface area contributed by atoms with Gasteiger partial charge in [-0.1, -0.05) is 49.2 Å². The maximum absolute atomic E-state index is 13.9. The average molecular weight is 513 g/mol. The van der Waals surface area contributed by atoms with Crippen LogP contribution in [0.15, 0.2) is 45.6 Å². The first-order valence-electron chi connectivity index (χ1n) is 11.0. The summed E-state index contributed by atoms with van der Waals surface area (Å²) < 4.78 is 57.8. The summed E-state index contributed by atoms with van der Waals surface area (Å²) in [6.07, 6.45) is -3.10. The molecule has 0 bridgehead atoms. The molecule has 0 spiro atoms. The smallest absolute Gasteiger partial charge is 0.420 e. The molecule has 0 radical (unpaired) electrons. The van der Waals surface area contributed by atoms with Gasteiger partial charge in [-0.05, 0) is 42.5 Å². The van der Waals surface area contributed by atoms with Crippen molar-refractivity contribution < 1.29 is 37.0 Å². The molecule has 0 saturated heterocycles. The van der Waals surface area contributed by atoms with Gasteiger partial charge in [0, 0.05) is 5.39 Å². The van der Waals surface area contributed by atoms with Crippen LogP contribution < -0.4 is 15.1 Å². The molecule has 0 aliphatic heterocycles. The van der Waals surface area contributed by atoms with Crippen molar-refractivity contribution in [2.45, 2.75) is 45.2 Å². The van der Waals surface area contributed by atoms with Crippen molar-refractivity contribution in [2.75, 3.05) is 13.2 Å². The van der Waals surface area contributed by atoms with E-state index in [1.54, 1.807) is 18.2 Å². The van der Waals surface area contributed by atoms with Crippen LogP contribution in [0.5, 0.6) is 11.5 Å². The Kier molecular flexibility index (Phi) is 8.67. The van der Waals surface area contributed by atoms with E-state index >= 15 is 0 Å². The number of para-hydroxylation sites is 1. The van der Waals surface area contributed by atoms with E-state index in [0.717, 1.165) is 0 Å².